The number of amides is 2. The van der Waals surface area contributed by atoms with Crippen LogP contribution in [0.4, 0.5) is 4.79 Å². The van der Waals surface area contributed by atoms with Crippen LogP contribution in [0.5, 0.6) is 0 Å². The van der Waals surface area contributed by atoms with Gasteiger partial charge in [-0.2, -0.15) is 0 Å². The van der Waals surface area contributed by atoms with Crippen molar-refractivity contribution in [2.45, 2.75) is 0 Å². The Morgan fingerprint density at radius 2 is 2.11 bits per heavy atom. The molecule has 0 aromatic carbocycles. The van der Waals surface area contributed by atoms with E-state index in [-0.39, 0.29) is 11.5 Å². The van der Waals surface area contributed by atoms with Crippen LogP contribution < -0.4 is 11.5 Å². The minimum absolute atomic E-state index is 0.105. The Morgan fingerprint density at radius 1 is 1.67 bits per heavy atom. The molecule has 0 saturated carbocycles. The number of thiocarbonyl (C=S) groups is 1. The van der Waals surface area contributed by atoms with Crippen LogP contribution in [0.25, 0.3) is 0 Å². The van der Waals surface area contributed by atoms with Crippen molar-refractivity contribution in [1.29, 1.82) is 0 Å². The molecular formula is C3H7N3OS2. The van der Waals surface area contributed by atoms with Gasteiger partial charge in [-0.05, 0) is 0 Å². The van der Waals surface area contributed by atoms with E-state index in [0.29, 0.717) is 0 Å². The molecule has 0 aromatic rings. The van der Waals surface area contributed by atoms with Crippen LogP contribution in [0.1, 0.15) is 0 Å². The predicted octanol–water partition coefficient (Wildman–Crippen LogP) is -0.502. The second-order valence-corrected chi connectivity index (χ2v) is 2.37. The lowest BCUT2D eigenvalue weighted by molar-refractivity contribution is 0.238. The second kappa shape index (κ2) is 3.52. The van der Waals surface area contributed by atoms with Gasteiger partial charge in [0.05, 0.1) is 11.5 Å². The van der Waals surface area contributed by atoms with Gasteiger partial charge in [-0.1, -0.05) is 25.0 Å². The summed E-state index contributed by atoms with van der Waals surface area (Å²) in [5.74, 6) is 0. The fourth-order valence-electron chi connectivity index (χ4n) is 0.226. The molecule has 0 spiro atoms. The maximum atomic E-state index is 10.2. The molecule has 0 heterocycles. The highest BCUT2D eigenvalue weighted by molar-refractivity contribution is 7.80. The molecule has 6 heteroatoms. The molecule has 0 unspecified atom stereocenters. The van der Waals surface area contributed by atoms with Crippen molar-refractivity contribution in [3.63, 3.8) is 0 Å². The van der Waals surface area contributed by atoms with E-state index in [2.05, 4.69) is 25.0 Å². The van der Waals surface area contributed by atoms with Crippen LogP contribution in [0, 0.1) is 0 Å². The lowest BCUT2D eigenvalue weighted by atomic mass is 10.6. The van der Waals surface area contributed by atoms with E-state index in [0.717, 1.165) is 4.31 Å². The van der Waals surface area contributed by atoms with E-state index in [1.807, 2.05) is 0 Å². The first-order chi connectivity index (χ1) is 4.04. The van der Waals surface area contributed by atoms with Crippen molar-refractivity contribution < 1.29 is 4.79 Å². The Hall–Kier alpha value is -0.490. The number of hydrogen-bond acceptors (Lipinski definition) is 3. The summed E-state index contributed by atoms with van der Waals surface area (Å²) in [5, 5.41) is 0. The molecule has 0 aliphatic heterocycles. The van der Waals surface area contributed by atoms with E-state index in [1.54, 1.807) is 0 Å². The number of nitrogens with zero attached hydrogens (tertiary/aromatic N) is 1. The van der Waals surface area contributed by atoms with Crippen LogP contribution in [0.15, 0.2) is 0 Å². The number of primary amides is 1. The number of urea groups is 1. The smallest absolute Gasteiger partial charge is 0.324 e. The van der Waals surface area contributed by atoms with Gasteiger partial charge in [-0.3, -0.25) is 4.31 Å². The van der Waals surface area contributed by atoms with Crippen LogP contribution in [0.2, 0.25) is 0 Å². The van der Waals surface area contributed by atoms with Gasteiger partial charge in [-0.15, -0.1) is 0 Å². The van der Waals surface area contributed by atoms with E-state index in [1.165, 1.54) is 0 Å². The van der Waals surface area contributed by atoms with Crippen molar-refractivity contribution in [3.05, 3.63) is 0 Å². The van der Waals surface area contributed by atoms with Crippen molar-refractivity contribution in [1.82, 2.24) is 4.31 Å². The van der Waals surface area contributed by atoms with Gasteiger partial charge in [0.2, 0.25) is 0 Å². The summed E-state index contributed by atoms with van der Waals surface area (Å²) in [5.41, 5.74) is 9.84. The average Bonchev–Trinajstić information content (AvgIpc) is 1.63. The van der Waals surface area contributed by atoms with Crippen molar-refractivity contribution in [2.24, 2.45) is 11.5 Å². The van der Waals surface area contributed by atoms with Gasteiger partial charge >= 0.3 is 6.03 Å². The molecule has 0 saturated heterocycles. The lowest BCUT2D eigenvalue weighted by Crippen LogP contribution is -2.34. The maximum Gasteiger partial charge on any atom is 0.324 e. The molecule has 52 valence electrons. The van der Waals surface area contributed by atoms with Crippen molar-refractivity contribution >= 4 is 36.1 Å². The van der Waals surface area contributed by atoms with Crippen molar-refractivity contribution in [3.8, 4) is 0 Å². The number of nitrogens with two attached hydrogens (primary N) is 2. The SMILES string of the molecule is NC(=O)N(S)CC(N)=S. The second-order valence-electron chi connectivity index (χ2n) is 1.36. The zero-order chi connectivity index (χ0) is 7.44. The zero-order valence-corrected chi connectivity index (χ0v) is 6.28. The first kappa shape index (κ1) is 8.51. The number of carbonyl (C=O) groups is 1. The molecule has 0 aliphatic carbocycles. The fourth-order valence-corrected chi connectivity index (χ4v) is 0.603. The molecule has 0 fully saturated rings. The van der Waals surface area contributed by atoms with Gasteiger partial charge in [-0.25, -0.2) is 4.79 Å². The van der Waals surface area contributed by atoms with E-state index in [4.69, 9.17) is 11.5 Å². The Morgan fingerprint density at radius 3 is 2.22 bits per heavy atom. The van der Waals surface area contributed by atoms with Crippen LogP contribution in [0.3, 0.4) is 0 Å². The first-order valence-corrected chi connectivity index (χ1v) is 2.89. The summed E-state index contributed by atoms with van der Waals surface area (Å²) in [4.78, 5) is 10.4. The van der Waals surface area contributed by atoms with Crippen LogP contribution >= 0.6 is 25.0 Å². The Kier molecular flexibility index (Phi) is 3.33. The quantitative estimate of drug-likeness (QED) is 0.381. The van der Waals surface area contributed by atoms with Crippen LogP contribution in [-0.2, 0) is 0 Å². The summed E-state index contributed by atoms with van der Waals surface area (Å²) in [6.45, 7) is 0.105. The van der Waals surface area contributed by atoms with Crippen LogP contribution in [-0.4, -0.2) is 21.9 Å². The highest BCUT2D eigenvalue weighted by atomic mass is 32.1. The molecule has 0 rings (SSSR count). The minimum Gasteiger partial charge on any atom is -0.392 e. The van der Waals surface area contributed by atoms with E-state index < -0.39 is 6.03 Å². The highest BCUT2D eigenvalue weighted by Crippen LogP contribution is 1.89. The number of hydrogen-bond donors (Lipinski definition) is 3. The third-order valence-electron chi connectivity index (χ3n) is 0.560. The molecular weight excluding hydrogens is 158 g/mol. The molecule has 0 aromatic heterocycles. The Bertz CT molecular complexity index is 137. The normalized spacial score (nSPS) is 8.56. The average molecular weight is 165 g/mol. The topological polar surface area (TPSA) is 72.4 Å². The fraction of sp³-hybridized carbons (Fsp3) is 0.333. The van der Waals surface area contributed by atoms with Crippen molar-refractivity contribution in [2.75, 3.05) is 6.54 Å². The molecule has 0 radical (unpaired) electrons. The zero-order valence-electron chi connectivity index (χ0n) is 4.57. The number of thiol groups is 1. The molecule has 0 aliphatic rings. The Labute approximate surface area is 63.7 Å². The predicted molar refractivity (Wildman–Crippen MR) is 42.1 cm³/mol. The summed E-state index contributed by atoms with van der Waals surface area (Å²) in [7, 11) is 0. The summed E-state index contributed by atoms with van der Waals surface area (Å²) in [6, 6.07) is -0.661. The van der Waals surface area contributed by atoms with Gasteiger partial charge in [0.15, 0.2) is 0 Å². The molecule has 0 bridgehead atoms. The van der Waals surface area contributed by atoms with Gasteiger partial charge in [0, 0.05) is 0 Å². The van der Waals surface area contributed by atoms with Gasteiger partial charge in [0.1, 0.15) is 0 Å². The maximum absolute atomic E-state index is 10.2. The third-order valence-corrected chi connectivity index (χ3v) is 1.03. The van der Waals surface area contributed by atoms with Gasteiger partial charge in [0.25, 0.3) is 0 Å². The molecule has 2 amide bonds. The third kappa shape index (κ3) is 4.04. The molecule has 4 nitrogen and oxygen atoms in total. The molecule has 0 atom stereocenters. The summed E-state index contributed by atoms with van der Waals surface area (Å²) in [6.07, 6.45) is 0. The first-order valence-electron chi connectivity index (χ1n) is 2.08. The number of carbonyl (C=O) groups excluding carboxylic acids is 1. The lowest BCUT2D eigenvalue weighted by Gasteiger charge is -2.09. The van der Waals surface area contributed by atoms with E-state index in [9.17, 15) is 4.79 Å². The highest BCUT2D eigenvalue weighted by Gasteiger charge is 2.03. The minimum atomic E-state index is -0.661. The monoisotopic (exact) mass is 165 g/mol. The summed E-state index contributed by atoms with van der Waals surface area (Å²) < 4.78 is 0.933. The molecule has 9 heavy (non-hydrogen) atoms. The largest absolute Gasteiger partial charge is 0.392 e. The number of rotatable bonds is 2. The summed E-state index contributed by atoms with van der Waals surface area (Å²) >= 11 is 8.13. The van der Waals surface area contributed by atoms with Gasteiger partial charge < -0.3 is 11.5 Å². The molecule has 4 N–H and O–H groups in total. The Balaban J connectivity index is 3.63. The standard InChI is InChI=1S/C3H7N3OS2/c4-2(8)1-6(9)3(5)7/h9H,1H2,(H2,4,8)(H2,5,7). The van der Waals surface area contributed by atoms with E-state index >= 15 is 0 Å².